The molecule has 17 heavy (non-hydrogen) atoms. The van der Waals surface area contributed by atoms with Crippen LogP contribution in [0.2, 0.25) is 0 Å². The van der Waals surface area contributed by atoms with Crippen molar-refractivity contribution in [3.63, 3.8) is 0 Å². The maximum Gasteiger partial charge on any atom is 0.327 e. The number of fused-ring (bicyclic) bond motifs is 3. The van der Waals surface area contributed by atoms with Crippen LogP contribution < -0.4 is 4.74 Å². The molecule has 1 fully saturated rings. The third-order valence-electron chi connectivity index (χ3n) is 3.35. The lowest BCUT2D eigenvalue weighted by Gasteiger charge is -2.33. The summed E-state index contributed by atoms with van der Waals surface area (Å²) in [5.41, 5.74) is 2.02. The van der Waals surface area contributed by atoms with Crippen molar-refractivity contribution in [2.24, 2.45) is 0 Å². The van der Waals surface area contributed by atoms with Gasteiger partial charge < -0.3 is 18.6 Å². The van der Waals surface area contributed by atoms with Crippen molar-refractivity contribution in [2.45, 2.75) is 18.8 Å². The van der Waals surface area contributed by atoms with Crippen LogP contribution in [0.1, 0.15) is 12.0 Å². The second kappa shape index (κ2) is 3.24. The second-order valence-electron chi connectivity index (χ2n) is 4.37. The van der Waals surface area contributed by atoms with Crippen LogP contribution in [0.15, 0.2) is 28.9 Å². The first-order valence-electron chi connectivity index (χ1n) is 5.82. The molecule has 0 radical (unpaired) electrons. The van der Waals surface area contributed by atoms with Gasteiger partial charge in [0.05, 0.1) is 24.9 Å². The molecular formula is C13H12O4. The quantitative estimate of drug-likeness (QED) is 0.699. The molecule has 1 aromatic heterocycles. The van der Waals surface area contributed by atoms with Crippen molar-refractivity contribution in [1.82, 2.24) is 0 Å². The summed E-state index contributed by atoms with van der Waals surface area (Å²) >= 11 is 0. The van der Waals surface area contributed by atoms with E-state index in [1.54, 1.807) is 6.26 Å². The Hall–Kier alpha value is -1.52. The van der Waals surface area contributed by atoms with Crippen molar-refractivity contribution in [2.75, 3.05) is 13.2 Å². The van der Waals surface area contributed by atoms with Crippen molar-refractivity contribution in [3.8, 4) is 5.75 Å². The Morgan fingerprint density at radius 3 is 2.82 bits per heavy atom. The SMILES string of the molecule is c1cc2c3c(ccc2o1)CCC1(OCCO1)O3. The number of hydrogen-bond donors (Lipinski definition) is 0. The minimum atomic E-state index is -0.863. The van der Waals surface area contributed by atoms with Crippen molar-refractivity contribution in [1.29, 1.82) is 0 Å². The highest BCUT2D eigenvalue weighted by molar-refractivity contribution is 5.85. The lowest BCUT2D eigenvalue weighted by molar-refractivity contribution is -0.293. The molecule has 0 aliphatic carbocycles. The normalized spacial score (nSPS) is 21.6. The molecule has 2 aliphatic heterocycles. The highest BCUT2D eigenvalue weighted by Gasteiger charge is 2.43. The monoisotopic (exact) mass is 232 g/mol. The molecule has 0 amide bonds. The predicted octanol–water partition coefficient (Wildman–Crippen LogP) is 2.46. The Balaban J connectivity index is 1.86. The Morgan fingerprint density at radius 1 is 1.06 bits per heavy atom. The summed E-state index contributed by atoms with van der Waals surface area (Å²) in [6.45, 7) is 1.19. The summed E-state index contributed by atoms with van der Waals surface area (Å²) in [6.07, 6.45) is 3.31. The molecule has 0 saturated carbocycles. The molecule has 0 atom stereocenters. The van der Waals surface area contributed by atoms with E-state index >= 15 is 0 Å². The smallest absolute Gasteiger partial charge is 0.327 e. The summed E-state index contributed by atoms with van der Waals surface area (Å²) in [4.78, 5) is 0. The van der Waals surface area contributed by atoms with E-state index < -0.39 is 5.97 Å². The van der Waals surface area contributed by atoms with Crippen LogP contribution in [-0.4, -0.2) is 19.2 Å². The fourth-order valence-corrected chi connectivity index (χ4v) is 2.51. The lowest BCUT2D eigenvalue weighted by Crippen LogP contribution is -2.40. The minimum Gasteiger partial charge on any atom is -0.464 e. The predicted molar refractivity (Wildman–Crippen MR) is 59.8 cm³/mol. The number of ether oxygens (including phenoxy) is 3. The molecule has 3 heterocycles. The third-order valence-corrected chi connectivity index (χ3v) is 3.35. The topological polar surface area (TPSA) is 40.8 Å². The Morgan fingerprint density at radius 2 is 1.94 bits per heavy atom. The van der Waals surface area contributed by atoms with Crippen molar-refractivity contribution in [3.05, 3.63) is 30.0 Å². The first kappa shape index (κ1) is 9.50. The molecule has 4 heteroatoms. The number of rotatable bonds is 0. The van der Waals surface area contributed by atoms with Gasteiger partial charge in [-0.15, -0.1) is 0 Å². The number of hydrogen-bond acceptors (Lipinski definition) is 4. The molecular weight excluding hydrogens is 220 g/mol. The Labute approximate surface area is 98.1 Å². The maximum absolute atomic E-state index is 5.95. The van der Waals surface area contributed by atoms with Crippen LogP contribution in [0.3, 0.4) is 0 Å². The summed E-state index contributed by atoms with van der Waals surface area (Å²) in [5.74, 6) is -0.0251. The van der Waals surface area contributed by atoms with Crippen LogP contribution in [-0.2, 0) is 15.9 Å². The number of aryl methyl sites for hydroxylation is 1. The van der Waals surface area contributed by atoms with Gasteiger partial charge in [0.2, 0.25) is 0 Å². The third kappa shape index (κ3) is 1.31. The average Bonchev–Trinajstić information content (AvgIpc) is 2.98. The molecule has 1 aromatic carbocycles. The van der Waals surface area contributed by atoms with E-state index in [0.29, 0.717) is 13.2 Å². The maximum atomic E-state index is 5.95. The van der Waals surface area contributed by atoms with Gasteiger partial charge in [-0.2, -0.15) is 0 Å². The molecule has 0 bridgehead atoms. The fourth-order valence-electron chi connectivity index (χ4n) is 2.51. The molecule has 0 unspecified atom stereocenters. The Kier molecular flexibility index (Phi) is 1.81. The summed E-state index contributed by atoms with van der Waals surface area (Å²) in [6, 6.07) is 5.94. The van der Waals surface area contributed by atoms with Crippen LogP contribution >= 0.6 is 0 Å². The van der Waals surface area contributed by atoms with Gasteiger partial charge >= 0.3 is 5.97 Å². The summed E-state index contributed by atoms with van der Waals surface area (Å²) in [5, 5.41) is 0.987. The zero-order valence-corrected chi connectivity index (χ0v) is 9.27. The van der Waals surface area contributed by atoms with E-state index in [1.165, 1.54) is 5.56 Å². The molecule has 0 N–H and O–H groups in total. The number of furan rings is 1. The van der Waals surface area contributed by atoms with Crippen LogP contribution in [0.5, 0.6) is 5.75 Å². The van der Waals surface area contributed by atoms with Gasteiger partial charge in [0.1, 0.15) is 11.3 Å². The van der Waals surface area contributed by atoms with Gasteiger partial charge in [0, 0.05) is 6.42 Å². The average molecular weight is 232 g/mol. The lowest BCUT2D eigenvalue weighted by atomic mass is 10.0. The van der Waals surface area contributed by atoms with Gasteiger partial charge in [0.15, 0.2) is 0 Å². The molecule has 4 rings (SSSR count). The van der Waals surface area contributed by atoms with Gasteiger partial charge in [-0.3, -0.25) is 0 Å². The van der Waals surface area contributed by atoms with E-state index in [4.69, 9.17) is 18.6 Å². The second-order valence-corrected chi connectivity index (χ2v) is 4.37. The van der Waals surface area contributed by atoms with Gasteiger partial charge in [0.25, 0.3) is 0 Å². The first-order valence-corrected chi connectivity index (χ1v) is 5.82. The molecule has 2 aromatic rings. The zero-order valence-electron chi connectivity index (χ0n) is 9.27. The first-order chi connectivity index (χ1) is 8.36. The van der Waals surface area contributed by atoms with Crippen LogP contribution in [0.4, 0.5) is 0 Å². The largest absolute Gasteiger partial charge is 0.464 e. The molecule has 1 saturated heterocycles. The van der Waals surface area contributed by atoms with E-state index in [-0.39, 0.29) is 0 Å². The van der Waals surface area contributed by atoms with E-state index in [2.05, 4.69) is 0 Å². The van der Waals surface area contributed by atoms with Crippen LogP contribution in [0, 0.1) is 0 Å². The molecule has 2 aliphatic rings. The minimum absolute atomic E-state index is 0.594. The zero-order chi connectivity index (χ0) is 11.3. The van der Waals surface area contributed by atoms with E-state index in [1.807, 2.05) is 18.2 Å². The molecule has 1 spiro atoms. The van der Waals surface area contributed by atoms with Crippen molar-refractivity contribution < 1.29 is 18.6 Å². The van der Waals surface area contributed by atoms with Gasteiger partial charge in [-0.05, 0) is 24.1 Å². The molecule has 88 valence electrons. The summed E-state index contributed by atoms with van der Waals surface area (Å²) < 4.78 is 22.5. The van der Waals surface area contributed by atoms with Crippen molar-refractivity contribution >= 4 is 11.0 Å². The molecule has 4 nitrogen and oxygen atoms in total. The van der Waals surface area contributed by atoms with Crippen LogP contribution in [0.25, 0.3) is 11.0 Å². The highest BCUT2D eigenvalue weighted by atomic mass is 16.9. The van der Waals surface area contributed by atoms with E-state index in [0.717, 1.165) is 29.6 Å². The fraction of sp³-hybridized carbons (Fsp3) is 0.385. The van der Waals surface area contributed by atoms with Gasteiger partial charge in [-0.25, -0.2) is 0 Å². The standard InChI is InChI=1S/C13H12O4/c1-2-11-10(4-6-14-11)12-9(1)3-5-13(17-12)15-7-8-16-13/h1-2,4,6H,3,5,7-8H2. The Bertz CT molecular complexity index is 566. The number of benzene rings is 1. The van der Waals surface area contributed by atoms with E-state index in [9.17, 15) is 0 Å². The highest BCUT2D eigenvalue weighted by Crippen LogP contribution is 2.41. The summed E-state index contributed by atoms with van der Waals surface area (Å²) in [7, 11) is 0. The van der Waals surface area contributed by atoms with Gasteiger partial charge in [-0.1, -0.05) is 6.07 Å².